The maximum absolute atomic E-state index is 12.1. The van der Waals surface area contributed by atoms with Crippen molar-refractivity contribution >= 4 is 18.0 Å². The molecule has 96 valence electrons. The second-order valence-corrected chi connectivity index (χ2v) is 3.12. The number of aliphatic carboxylic acids is 1. The van der Waals surface area contributed by atoms with E-state index in [2.05, 4.69) is 9.37 Å². The summed E-state index contributed by atoms with van der Waals surface area (Å²) in [5.74, 6) is -3.26. The minimum absolute atomic E-state index is 1.63. The van der Waals surface area contributed by atoms with Crippen LogP contribution in [0.15, 0.2) is 0 Å². The summed E-state index contributed by atoms with van der Waals surface area (Å²) in [6, 6.07) is 0. The SMILES string of the molecule is O=C(O)C(SOOO)(C(F)(F)F)C(F)(F)F. The Kier molecular flexibility index (Phi) is 4.44. The molecule has 0 aliphatic heterocycles. The Morgan fingerprint density at radius 2 is 1.44 bits per heavy atom. The van der Waals surface area contributed by atoms with Crippen molar-refractivity contribution in [2.45, 2.75) is 17.1 Å². The molecule has 0 saturated heterocycles. The Balaban J connectivity index is 5.52. The van der Waals surface area contributed by atoms with Gasteiger partial charge in [0.25, 0.3) is 0 Å². The van der Waals surface area contributed by atoms with E-state index < -0.39 is 35.1 Å². The van der Waals surface area contributed by atoms with Crippen LogP contribution in [0.25, 0.3) is 0 Å². The third kappa shape index (κ3) is 2.50. The molecule has 2 N–H and O–H groups in total. The van der Waals surface area contributed by atoms with Crippen LogP contribution in [0, 0.1) is 0 Å². The van der Waals surface area contributed by atoms with E-state index in [9.17, 15) is 31.1 Å². The van der Waals surface area contributed by atoms with Gasteiger partial charge in [-0.3, -0.25) is 0 Å². The van der Waals surface area contributed by atoms with Gasteiger partial charge in [0.1, 0.15) is 0 Å². The standard InChI is InChI=1S/C4H2F6O5S/c5-3(6,7)2(1(11)12,4(8,9)10)16-15-14-13/h13H,(H,11,12). The molecule has 0 unspecified atom stereocenters. The zero-order valence-corrected chi connectivity index (χ0v) is 7.61. The lowest BCUT2D eigenvalue weighted by molar-refractivity contribution is -0.434. The summed E-state index contributed by atoms with van der Waals surface area (Å²) in [5.41, 5.74) is 0. The highest BCUT2D eigenvalue weighted by Crippen LogP contribution is 2.52. The fraction of sp³-hybridized carbons (Fsp3) is 0.750. The quantitative estimate of drug-likeness (QED) is 0.354. The largest absolute Gasteiger partial charge is 0.480 e. The van der Waals surface area contributed by atoms with Gasteiger partial charge in [-0.1, -0.05) is 5.04 Å². The molecule has 0 aromatic rings. The van der Waals surface area contributed by atoms with Gasteiger partial charge in [0.2, 0.25) is 0 Å². The molecular formula is C4H2F6O5S. The first-order chi connectivity index (χ1) is 7.00. The predicted molar refractivity (Wildman–Crippen MR) is 34.9 cm³/mol. The van der Waals surface area contributed by atoms with E-state index in [0.29, 0.717) is 0 Å². The smallest absolute Gasteiger partial charge is 0.425 e. The van der Waals surface area contributed by atoms with Crippen LogP contribution in [-0.2, 0) is 14.2 Å². The molecule has 0 aliphatic carbocycles. The molecule has 0 bridgehead atoms. The molecule has 0 saturated carbocycles. The summed E-state index contributed by atoms with van der Waals surface area (Å²) in [5, 5.41) is 18.1. The first-order valence-corrected chi connectivity index (χ1v) is 3.77. The highest BCUT2D eigenvalue weighted by atomic mass is 32.2. The summed E-state index contributed by atoms with van der Waals surface area (Å²) < 4.78 is 70.4. The van der Waals surface area contributed by atoms with Crippen molar-refractivity contribution < 1.29 is 50.9 Å². The van der Waals surface area contributed by atoms with Crippen LogP contribution >= 0.6 is 12.0 Å². The fourth-order valence-corrected chi connectivity index (χ4v) is 0.992. The van der Waals surface area contributed by atoms with Crippen molar-refractivity contribution in [2.24, 2.45) is 0 Å². The van der Waals surface area contributed by atoms with Gasteiger partial charge in [0.05, 0.1) is 12.0 Å². The molecule has 0 spiro atoms. The van der Waals surface area contributed by atoms with Gasteiger partial charge in [-0.2, -0.15) is 26.3 Å². The first-order valence-electron chi connectivity index (χ1n) is 3.03. The normalized spacial score (nSPS) is 13.9. The third-order valence-electron chi connectivity index (χ3n) is 1.29. The van der Waals surface area contributed by atoms with Gasteiger partial charge in [0, 0.05) is 0 Å². The number of carbonyl (C=O) groups is 1. The average molecular weight is 276 g/mol. The Morgan fingerprint density at radius 3 is 1.62 bits per heavy atom. The number of carboxylic acids is 1. The van der Waals surface area contributed by atoms with Crippen molar-refractivity contribution in [1.82, 2.24) is 0 Å². The molecule has 12 heteroatoms. The molecular weight excluding hydrogens is 274 g/mol. The van der Waals surface area contributed by atoms with Crippen molar-refractivity contribution in [3.63, 3.8) is 0 Å². The summed E-state index contributed by atoms with van der Waals surface area (Å²) in [4.78, 5) is 10.1. The minimum Gasteiger partial charge on any atom is -0.480 e. The minimum atomic E-state index is -6.21. The molecule has 0 amide bonds. The van der Waals surface area contributed by atoms with Gasteiger partial charge in [-0.15, -0.1) is 4.33 Å². The van der Waals surface area contributed by atoms with E-state index in [0.717, 1.165) is 0 Å². The van der Waals surface area contributed by atoms with Crippen LogP contribution in [-0.4, -0.2) is 33.4 Å². The molecule has 0 heterocycles. The Hall–Kier alpha value is -0.720. The second kappa shape index (κ2) is 4.65. The molecule has 0 fully saturated rings. The van der Waals surface area contributed by atoms with E-state index in [1.807, 2.05) is 0 Å². The van der Waals surface area contributed by atoms with Gasteiger partial charge in [-0.05, 0) is 0 Å². The van der Waals surface area contributed by atoms with Gasteiger partial charge in [0.15, 0.2) is 0 Å². The lowest BCUT2D eigenvalue weighted by Gasteiger charge is -2.30. The molecule has 0 aromatic carbocycles. The lowest BCUT2D eigenvalue weighted by atomic mass is 10.1. The van der Waals surface area contributed by atoms with E-state index >= 15 is 0 Å². The summed E-state index contributed by atoms with van der Waals surface area (Å²) in [7, 11) is 0. The van der Waals surface area contributed by atoms with E-state index in [1.54, 1.807) is 0 Å². The Labute approximate surface area is 87.0 Å². The van der Waals surface area contributed by atoms with Gasteiger partial charge >= 0.3 is 23.1 Å². The number of hydrogen-bond acceptors (Lipinski definition) is 5. The number of carboxylic acid groups (broad SMARTS) is 1. The first kappa shape index (κ1) is 15.3. The molecule has 0 aliphatic rings. The zero-order valence-electron chi connectivity index (χ0n) is 6.80. The number of hydrogen-bond donors (Lipinski definition) is 2. The second-order valence-electron chi connectivity index (χ2n) is 2.21. The Bertz CT molecular complexity index is 247. The summed E-state index contributed by atoms with van der Waals surface area (Å²) in [6.45, 7) is 0. The number of alkyl halides is 6. The third-order valence-corrected chi connectivity index (χ3v) is 2.31. The van der Waals surface area contributed by atoms with Crippen molar-refractivity contribution in [3.8, 4) is 0 Å². The van der Waals surface area contributed by atoms with Crippen LogP contribution in [0.4, 0.5) is 26.3 Å². The van der Waals surface area contributed by atoms with E-state index in [1.165, 1.54) is 0 Å². The van der Waals surface area contributed by atoms with E-state index in [4.69, 9.17) is 10.4 Å². The van der Waals surface area contributed by atoms with Crippen LogP contribution in [0.3, 0.4) is 0 Å². The number of rotatable bonds is 4. The van der Waals surface area contributed by atoms with Crippen molar-refractivity contribution in [1.29, 1.82) is 0 Å². The van der Waals surface area contributed by atoms with E-state index in [-0.39, 0.29) is 0 Å². The highest BCUT2D eigenvalue weighted by Gasteiger charge is 2.78. The maximum atomic E-state index is 12.1. The van der Waals surface area contributed by atoms with Crippen LogP contribution in [0.1, 0.15) is 0 Å². The Morgan fingerprint density at radius 1 is 1.06 bits per heavy atom. The van der Waals surface area contributed by atoms with Crippen LogP contribution < -0.4 is 0 Å². The highest BCUT2D eigenvalue weighted by molar-refractivity contribution is 7.96. The summed E-state index contributed by atoms with van der Waals surface area (Å²) in [6.07, 6.45) is -12.4. The molecule has 0 rings (SSSR count). The van der Waals surface area contributed by atoms with Crippen molar-refractivity contribution in [2.75, 3.05) is 0 Å². The monoisotopic (exact) mass is 276 g/mol. The maximum Gasteiger partial charge on any atom is 0.425 e. The number of halogens is 6. The fourth-order valence-electron chi connectivity index (χ4n) is 0.600. The summed E-state index contributed by atoms with van der Waals surface area (Å²) >= 11 is -1.63. The molecule has 0 aromatic heterocycles. The van der Waals surface area contributed by atoms with Crippen LogP contribution in [0.2, 0.25) is 0 Å². The topological polar surface area (TPSA) is 76.0 Å². The molecule has 0 radical (unpaired) electrons. The van der Waals surface area contributed by atoms with Crippen molar-refractivity contribution in [3.05, 3.63) is 0 Å². The predicted octanol–water partition coefficient (Wildman–Crippen LogP) is 2.00. The van der Waals surface area contributed by atoms with Gasteiger partial charge in [-0.25, -0.2) is 10.1 Å². The van der Waals surface area contributed by atoms with Crippen LogP contribution in [0.5, 0.6) is 0 Å². The zero-order chi connectivity index (χ0) is 13.2. The average Bonchev–Trinajstić information content (AvgIpc) is 1.99. The molecule has 5 nitrogen and oxygen atoms in total. The lowest BCUT2D eigenvalue weighted by Crippen LogP contribution is -2.59. The molecule has 0 atom stereocenters. The molecule has 16 heavy (non-hydrogen) atoms. The van der Waals surface area contributed by atoms with Gasteiger partial charge < -0.3 is 5.11 Å².